The van der Waals surface area contributed by atoms with E-state index < -0.39 is 18.0 Å². The molecule has 6 heteroatoms. The van der Waals surface area contributed by atoms with Crippen molar-refractivity contribution in [3.63, 3.8) is 0 Å². The molecule has 4 amide bonds. The van der Waals surface area contributed by atoms with Gasteiger partial charge in [-0.1, -0.05) is 43.2 Å². The molecule has 3 N–H and O–H groups in total. The van der Waals surface area contributed by atoms with Crippen LogP contribution < -0.4 is 16.0 Å². The maximum absolute atomic E-state index is 12.3. The smallest absolute Gasteiger partial charge is 0.322 e. The number of amides is 4. The summed E-state index contributed by atoms with van der Waals surface area (Å²) in [6, 6.07) is 9.15. The first-order valence-corrected chi connectivity index (χ1v) is 8.56. The van der Waals surface area contributed by atoms with Crippen LogP contribution in [0.5, 0.6) is 0 Å². The molecule has 24 heavy (non-hydrogen) atoms. The number of benzene rings is 1. The molecule has 0 radical (unpaired) electrons. The highest BCUT2D eigenvalue weighted by molar-refractivity contribution is 6.05. The van der Waals surface area contributed by atoms with Crippen LogP contribution in [0.4, 0.5) is 4.79 Å². The number of rotatable bonds is 5. The van der Waals surface area contributed by atoms with Gasteiger partial charge in [0.1, 0.15) is 6.04 Å². The van der Waals surface area contributed by atoms with Crippen molar-refractivity contribution in [1.29, 1.82) is 0 Å². The lowest BCUT2D eigenvalue weighted by molar-refractivity contribution is -0.127. The van der Waals surface area contributed by atoms with Gasteiger partial charge in [0.25, 0.3) is 5.91 Å². The molecule has 3 atom stereocenters. The van der Waals surface area contributed by atoms with E-state index in [1.807, 2.05) is 18.2 Å². The second-order valence-corrected chi connectivity index (χ2v) is 6.63. The topological polar surface area (TPSA) is 87.3 Å². The number of carbonyl (C=O) groups excluding carboxylic acids is 3. The molecule has 1 aromatic carbocycles. The first-order chi connectivity index (χ1) is 11.6. The molecule has 1 saturated heterocycles. The highest BCUT2D eigenvalue weighted by Crippen LogP contribution is 2.27. The van der Waals surface area contributed by atoms with Gasteiger partial charge in [-0.05, 0) is 30.7 Å². The van der Waals surface area contributed by atoms with Crippen LogP contribution in [0.3, 0.4) is 0 Å². The largest absolute Gasteiger partial charge is 0.353 e. The predicted octanol–water partition coefficient (Wildman–Crippen LogP) is 1.50. The summed E-state index contributed by atoms with van der Waals surface area (Å²) >= 11 is 0. The maximum Gasteiger partial charge on any atom is 0.322 e. The van der Waals surface area contributed by atoms with Gasteiger partial charge >= 0.3 is 6.03 Å². The van der Waals surface area contributed by atoms with Crippen molar-refractivity contribution in [2.24, 2.45) is 5.92 Å². The Balaban J connectivity index is 1.56. The third-order valence-electron chi connectivity index (χ3n) is 4.84. The lowest BCUT2D eigenvalue weighted by atomic mass is 9.80. The molecule has 0 bridgehead atoms. The molecule has 1 saturated carbocycles. The standard InChI is InChI=1S/C18H23N3O3/c22-16(11-15-17(23)21-18(24)20-15)19-14-9-5-4-8-13(14)10-12-6-2-1-3-7-12/h1-3,6-7,13-15H,4-5,8-11H2,(H,19,22)(H2,20,21,23,24)/t13-,14-,15+/m1/s1. The fraction of sp³-hybridized carbons (Fsp3) is 0.500. The Bertz CT molecular complexity index is 617. The van der Waals surface area contributed by atoms with E-state index in [1.54, 1.807) is 0 Å². The van der Waals surface area contributed by atoms with Crippen LogP contribution in [0.1, 0.15) is 37.7 Å². The fourth-order valence-electron chi connectivity index (χ4n) is 3.61. The fourth-order valence-corrected chi connectivity index (χ4v) is 3.61. The van der Waals surface area contributed by atoms with Gasteiger partial charge in [-0.25, -0.2) is 4.79 Å². The molecular formula is C18H23N3O3. The van der Waals surface area contributed by atoms with E-state index in [-0.39, 0.29) is 18.4 Å². The zero-order valence-electron chi connectivity index (χ0n) is 13.6. The predicted molar refractivity (Wildman–Crippen MR) is 89.1 cm³/mol. The molecule has 1 aliphatic carbocycles. The van der Waals surface area contributed by atoms with Gasteiger partial charge in [0.2, 0.25) is 5.91 Å². The van der Waals surface area contributed by atoms with E-state index in [1.165, 1.54) is 12.0 Å². The van der Waals surface area contributed by atoms with Gasteiger partial charge in [-0.15, -0.1) is 0 Å². The second kappa shape index (κ2) is 7.47. The van der Waals surface area contributed by atoms with Gasteiger partial charge in [-0.3, -0.25) is 14.9 Å². The molecular weight excluding hydrogens is 306 g/mol. The number of hydrogen-bond donors (Lipinski definition) is 3. The van der Waals surface area contributed by atoms with Crippen LogP contribution >= 0.6 is 0 Å². The zero-order valence-corrected chi connectivity index (χ0v) is 13.6. The first kappa shape index (κ1) is 16.5. The molecule has 1 aromatic rings. The molecule has 0 aromatic heterocycles. The Morgan fingerprint density at radius 2 is 1.88 bits per heavy atom. The van der Waals surface area contributed by atoms with E-state index in [2.05, 4.69) is 28.1 Å². The maximum atomic E-state index is 12.3. The van der Waals surface area contributed by atoms with Gasteiger partial charge < -0.3 is 10.6 Å². The summed E-state index contributed by atoms with van der Waals surface area (Å²) in [5, 5.41) is 7.69. The van der Waals surface area contributed by atoms with Crippen molar-refractivity contribution < 1.29 is 14.4 Å². The normalized spacial score (nSPS) is 26.6. The minimum Gasteiger partial charge on any atom is -0.353 e. The molecule has 0 unspecified atom stereocenters. The van der Waals surface area contributed by atoms with Crippen molar-refractivity contribution >= 4 is 17.8 Å². The minimum atomic E-state index is -0.756. The molecule has 0 spiro atoms. The van der Waals surface area contributed by atoms with Crippen LogP contribution in [0.25, 0.3) is 0 Å². The highest BCUT2D eigenvalue weighted by Gasteiger charge is 2.33. The monoisotopic (exact) mass is 329 g/mol. The summed E-state index contributed by atoms with van der Waals surface area (Å²) in [5.74, 6) is -0.195. The molecule has 128 valence electrons. The molecule has 2 fully saturated rings. The molecule has 1 heterocycles. The summed E-state index contributed by atoms with van der Waals surface area (Å²) in [5.41, 5.74) is 1.28. The Morgan fingerprint density at radius 1 is 1.12 bits per heavy atom. The third-order valence-corrected chi connectivity index (χ3v) is 4.84. The van der Waals surface area contributed by atoms with E-state index in [0.29, 0.717) is 5.92 Å². The van der Waals surface area contributed by atoms with Crippen molar-refractivity contribution in [3.05, 3.63) is 35.9 Å². The van der Waals surface area contributed by atoms with Crippen molar-refractivity contribution in [3.8, 4) is 0 Å². The van der Waals surface area contributed by atoms with Crippen LogP contribution in [0.15, 0.2) is 30.3 Å². The van der Waals surface area contributed by atoms with Gasteiger partial charge in [-0.2, -0.15) is 0 Å². The Labute approximate surface area is 141 Å². The van der Waals surface area contributed by atoms with Crippen LogP contribution in [-0.2, 0) is 16.0 Å². The Morgan fingerprint density at radius 3 is 2.58 bits per heavy atom. The Hall–Kier alpha value is -2.37. The number of imide groups is 1. The summed E-state index contributed by atoms with van der Waals surface area (Å²) in [6.07, 6.45) is 5.30. The molecule has 2 aliphatic rings. The SMILES string of the molecule is O=C(C[C@@H]1NC(=O)NC1=O)N[C@@H]1CCCC[C@@H]1Cc1ccccc1. The molecule has 3 rings (SSSR count). The van der Waals surface area contributed by atoms with Crippen LogP contribution in [-0.4, -0.2) is 29.9 Å². The lowest BCUT2D eigenvalue weighted by Gasteiger charge is -2.32. The minimum absolute atomic E-state index is 0.00781. The highest BCUT2D eigenvalue weighted by atomic mass is 16.2. The first-order valence-electron chi connectivity index (χ1n) is 8.56. The van der Waals surface area contributed by atoms with E-state index in [4.69, 9.17) is 0 Å². The van der Waals surface area contributed by atoms with E-state index >= 15 is 0 Å². The van der Waals surface area contributed by atoms with Gasteiger partial charge in [0.15, 0.2) is 0 Å². The quantitative estimate of drug-likeness (QED) is 0.716. The average Bonchev–Trinajstić information content (AvgIpc) is 2.87. The molecule has 6 nitrogen and oxygen atoms in total. The van der Waals surface area contributed by atoms with Crippen LogP contribution in [0, 0.1) is 5.92 Å². The number of carbonyl (C=O) groups is 3. The van der Waals surface area contributed by atoms with Gasteiger partial charge in [0, 0.05) is 6.04 Å². The third kappa shape index (κ3) is 4.13. The van der Waals surface area contributed by atoms with E-state index in [0.717, 1.165) is 25.7 Å². The van der Waals surface area contributed by atoms with Crippen LogP contribution in [0.2, 0.25) is 0 Å². The Kier molecular flexibility index (Phi) is 5.13. The summed E-state index contributed by atoms with van der Waals surface area (Å²) in [4.78, 5) is 34.9. The van der Waals surface area contributed by atoms with E-state index in [9.17, 15) is 14.4 Å². The lowest BCUT2D eigenvalue weighted by Crippen LogP contribution is -2.45. The summed E-state index contributed by atoms with van der Waals surface area (Å²) < 4.78 is 0. The van der Waals surface area contributed by atoms with Crippen molar-refractivity contribution in [2.75, 3.05) is 0 Å². The molecule has 1 aliphatic heterocycles. The van der Waals surface area contributed by atoms with Crippen molar-refractivity contribution in [2.45, 2.75) is 50.6 Å². The van der Waals surface area contributed by atoms with Crippen molar-refractivity contribution in [1.82, 2.24) is 16.0 Å². The summed E-state index contributed by atoms with van der Waals surface area (Å²) in [7, 11) is 0. The van der Waals surface area contributed by atoms with Gasteiger partial charge in [0.05, 0.1) is 6.42 Å². The number of hydrogen-bond acceptors (Lipinski definition) is 3. The number of nitrogens with one attached hydrogen (secondary N) is 3. The summed E-state index contributed by atoms with van der Waals surface area (Å²) in [6.45, 7) is 0. The average molecular weight is 329 g/mol. The second-order valence-electron chi connectivity index (χ2n) is 6.63. The number of urea groups is 1. The zero-order chi connectivity index (χ0) is 16.9.